The zero-order valence-electron chi connectivity index (χ0n) is 14.0. The van der Waals surface area contributed by atoms with Crippen LogP contribution in [0.1, 0.15) is 32.1 Å². The molecule has 1 N–H and O–H groups in total. The Labute approximate surface area is 149 Å². The van der Waals surface area contributed by atoms with Crippen LogP contribution in [0.3, 0.4) is 0 Å². The second kappa shape index (κ2) is 7.32. The van der Waals surface area contributed by atoms with Crippen molar-refractivity contribution in [2.24, 2.45) is 0 Å². The van der Waals surface area contributed by atoms with Gasteiger partial charge in [-0.25, -0.2) is 16.8 Å². The molecule has 0 aliphatic carbocycles. The average molecular weight is 389 g/mol. The Morgan fingerprint density at radius 3 is 2.16 bits per heavy atom. The summed E-state index contributed by atoms with van der Waals surface area (Å²) >= 11 is 0. The van der Waals surface area contributed by atoms with Gasteiger partial charge in [-0.2, -0.15) is 8.61 Å². The molecule has 2 heterocycles. The Bertz CT molecular complexity index is 817. The molecule has 2 aliphatic heterocycles. The van der Waals surface area contributed by atoms with Crippen LogP contribution in [0.5, 0.6) is 0 Å². The first kappa shape index (κ1) is 18.8. The van der Waals surface area contributed by atoms with E-state index in [0.717, 1.165) is 25.7 Å². The number of hydrogen-bond acceptors (Lipinski definition) is 5. The van der Waals surface area contributed by atoms with Gasteiger partial charge in [-0.1, -0.05) is 12.5 Å². The van der Waals surface area contributed by atoms with Crippen molar-refractivity contribution in [3.63, 3.8) is 0 Å². The van der Waals surface area contributed by atoms with Gasteiger partial charge in [-0.15, -0.1) is 0 Å². The highest BCUT2D eigenvalue weighted by molar-refractivity contribution is 7.90. The molecule has 2 fully saturated rings. The van der Waals surface area contributed by atoms with Crippen molar-refractivity contribution in [3.05, 3.63) is 24.3 Å². The summed E-state index contributed by atoms with van der Waals surface area (Å²) in [6.07, 6.45) is 3.87. The van der Waals surface area contributed by atoms with E-state index in [9.17, 15) is 21.9 Å². The molecule has 25 heavy (non-hydrogen) atoms. The van der Waals surface area contributed by atoms with E-state index >= 15 is 0 Å². The highest BCUT2D eigenvalue weighted by Crippen LogP contribution is 2.28. The first-order valence-electron chi connectivity index (χ1n) is 8.60. The fourth-order valence-corrected chi connectivity index (χ4v) is 6.85. The normalized spacial score (nSPS) is 23.8. The fraction of sp³-hybridized carbons (Fsp3) is 0.625. The van der Waals surface area contributed by atoms with Gasteiger partial charge in [0.1, 0.15) is 0 Å². The molecule has 0 saturated carbocycles. The minimum Gasteiger partial charge on any atom is -0.395 e. The number of nitrogens with zero attached hydrogens (tertiary/aromatic N) is 2. The summed E-state index contributed by atoms with van der Waals surface area (Å²) in [4.78, 5) is -0.0267. The summed E-state index contributed by atoms with van der Waals surface area (Å²) in [6.45, 7) is 1.05. The Morgan fingerprint density at radius 2 is 1.52 bits per heavy atom. The van der Waals surface area contributed by atoms with Crippen LogP contribution < -0.4 is 0 Å². The molecule has 1 atom stereocenters. The quantitative estimate of drug-likeness (QED) is 0.812. The number of aliphatic hydroxyl groups is 1. The molecule has 0 radical (unpaired) electrons. The van der Waals surface area contributed by atoms with Crippen molar-refractivity contribution in [1.29, 1.82) is 0 Å². The van der Waals surface area contributed by atoms with E-state index < -0.39 is 26.1 Å². The van der Waals surface area contributed by atoms with Gasteiger partial charge in [0, 0.05) is 25.7 Å². The van der Waals surface area contributed by atoms with E-state index in [1.54, 1.807) is 0 Å². The molecule has 2 saturated heterocycles. The molecular formula is C16H24N2O5S2. The van der Waals surface area contributed by atoms with E-state index in [-0.39, 0.29) is 16.4 Å². The van der Waals surface area contributed by atoms with Crippen molar-refractivity contribution in [1.82, 2.24) is 8.61 Å². The number of piperidine rings is 1. The third kappa shape index (κ3) is 3.61. The summed E-state index contributed by atoms with van der Waals surface area (Å²) in [7, 11) is -7.51. The number of sulfonamides is 2. The largest absolute Gasteiger partial charge is 0.395 e. The van der Waals surface area contributed by atoms with E-state index in [1.165, 1.54) is 32.9 Å². The van der Waals surface area contributed by atoms with Gasteiger partial charge in [0.05, 0.1) is 16.4 Å². The van der Waals surface area contributed by atoms with Crippen LogP contribution in [0.2, 0.25) is 0 Å². The first-order valence-corrected chi connectivity index (χ1v) is 11.5. The van der Waals surface area contributed by atoms with Crippen molar-refractivity contribution in [2.75, 3.05) is 26.2 Å². The third-order valence-electron chi connectivity index (χ3n) is 4.90. The minimum atomic E-state index is -3.84. The van der Waals surface area contributed by atoms with Crippen LogP contribution >= 0.6 is 0 Å². The van der Waals surface area contributed by atoms with Crippen LogP contribution in [-0.4, -0.2) is 62.8 Å². The average Bonchev–Trinajstić information content (AvgIpc) is 3.17. The maximum Gasteiger partial charge on any atom is 0.243 e. The fourth-order valence-electron chi connectivity index (χ4n) is 3.48. The predicted octanol–water partition coefficient (Wildman–Crippen LogP) is 1.01. The second-order valence-electron chi connectivity index (χ2n) is 6.53. The van der Waals surface area contributed by atoms with Crippen molar-refractivity contribution >= 4 is 20.0 Å². The Balaban J connectivity index is 1.95. The summed E-state index contributed by atoms with van der Waals surface area (Å²) < 4.78 is 54.0. The predicted molar refractivity (Wildman–Crippen MR) is 93.1 cm³/mol. The van der Waals surface area contributed by atoms with E-state index in [1.807, 2.05) is 0 Å². The number of rotatable bonds is 5. The lowest BCUT2D eigenvalue weighted by atomic mass is 10.1. The highest BCUT2D eigenvalue weighted by atomic mass is 32.2. The molecule has 7 nitrogen and oxygen atoms in total. The molecule has 0 spiro atoms. The summed E-state index contributed by atoms with van der Waals surface area (Å²) in [5.74, 6) is 0. The van der Waals surface area contributed by atoms with Gasteiger partial charge in [-0.05, 0) is 43.9 Å². The number of aliphatic hydroxyl groups excluding tert-OH is 1. The zero-order valence-corrected chi connectivity index (χ0v) is 15.7. The summed E-state index contributed by atoms with van der Waals surface area (Å²) in [5.41, 5.74) is 0. The molecule has 1 aromatic carbocycles. The topological polar surface area (TPSA) is 95.0 Å². The zero-order chi connectivity index (χ0) is 18.1. The minimum absolute atomic E-state index is 0.00744. The summed E-state index contributed by atoms with van der Waals surface area (Å²) in [6, 6.07) is 5.12. The monoisotopic (exact) mass is 388 g/mol. The van der Waals surface area contributed by atoms with Crippen molar-refractivity contribution in [3.8, 4) is 0 Å². The lowest BCUT2D eigenvalue weighted by Gasteiger charge is -2.33. The SMILES string of the molecule is O=S(=O)(c1cccc(S(=O)(=O)N2CCCC[C@@H]2CO)c1)N1CCCC1. The van der Waals surface area contributed by atoms with Crippen molar-refractivity contribution in [2.45, 2.75) is 47.9 Å². The molecule has 3 rings (SSSR count). The first-order chi connectivity index (χ1) is 11.9. The van der Waals surface area contributed by atoms with Gasteiger partial charge >= 0.3 is 0 Å². The molecule has 0 amide bonds. The maximum absolute atomic E-state index is 13.0. The van der Waals surface area contributed by atoms with E-state index in [0.29, 0.717) is 26.1 Å². The smallest absolute Gasteiger partial charge is 0.243 e. The third-order valence-corrected chi connectivity index (χ3v) is 8.74. The standard InChI is InChI=1S/C16H24N2O5S2/c19-13-14-6-1-2-11-18(14)25(22,23)16-8-5-7-15(12-16)24(20,21)17-9-3-4-10-17/h5,7-8,12,14,19H,1-4,6,9-11,13H2/t14-/m1/s1. The van der Waals surface area contributed by atoms with Gasteiger partial charge in [0.15, 0.2) is 0 Å². The van der Waals surface area contributed by atoms with Crippen LogP contribution in [0.4, 0.5) is 0 Å². The summed E-state index contributed by atoms with van der Waals surface area (Å²) in [5, 5.41) is 9.49. The molecule has 1 aromatic rings. The molecule has 9 heteroatoms. The van der Waals surface area contributed by atoms with Gasteiger partial charge in [0.25, 0.3) is 0 Å². The second-order valence-corrected chi connectivity index (χ2v) is 10.4. The van der Waals surface area contributed by atoms with E-state index in [4.69, 9.17) is 0 Å². The van der Waals surface area contributed by atoms with Crippen LogP contribution in [0.15, 0.2) is 34.1 Å². The lowest BCUT2D eigenvalue weighted by molar-refractivity contribution is 0.155. The number of hydrogen-bond donors (Lipinski definition) is 1. The van der Waals surface area contributed by atoms with Gasteiger partial charge < -0.3 is 5.11 Å². The highest BCUT2D eigenvalue weighted by Gasteiger charge is 2.34. The van der Waals surface area contributed by atoms with Gasteiger partial charge in [0.2, 0.25) is 20.0 Å². The molecule has 0 bridgehead atoms. The van der Waals surface area contributed by atoms with Crippen LogP contribution in [-0.2, 0) is 20.0 Å². The Kier molecular flexibility index (Phi) is 5.50. The maximum atomic E-state index is 13.0. The number of benzene rings is 1. The molecule has 0 aromatic heterocycles. The van der Waals surface area contributed by atoms with Crippen molar-refractivity contribution < 1.29 is 21.9 Å². The van der Waals surface area contributed by atoms with Crippen LogP contribution in [0.25, 0.3) is 0 Å². The molecule has 0 unspecified atom stereocenters. The van der Waals surface area contributed by atoms with Crippen LogP contribution in [0, 0.1) is 0 Å². The molecule has 140 valence electrons. The Hall–Kier alpha value is -1.00. The molecule has 2 aliphatic rings. The van der Waals surface area contributed by atoms with Gasteiger partial charge in [-0.3, -0.25) is 0 Å². The molecular weight excluding hydrogens is 364 g/mol. The van der Waals surface area contributed by atoms with E-state index in [2.05, 4.69) is 0 Å². The lowest BCUT2D eigenvalue weighted by Crippen LogP contribution is -2.45. The Morgan fingerprint density at radius 1 is 0.920 bits per heavy atom.